The molecular weight excluding hydrogens is 527 g/mol. The molecule has 3 aromatic carbocycles. The van der Waals surface area contributed by atoms with Crippen LogP contribution in [-0.2, 0) is 6.18 Å². The molecule has 0 heterocycles. The molecule has 0 aliphatic heterocycles. The highest BCUT2D eigenvalue weighted by atomic mass is 35.5. The number of para-hydroxylation sites is 2. The van der Waals surface area contributed by atoms with Crippen molar-refractivity contribution in [2.24, 2.45) is 0 Å². The number of nitrogens with one attached hydrogen (secondary N) is 1. The van der Waals surface area contributed by atoms with Gasteiger partial charge in [0.2, 0.25) is 0 Å². The molecule has 0 fully saturated rings. The fourth-order valence-electron chi connectivity index (χ4n) is 2.86. The van der Waals surface area contributed by atoms with Gasteiger partial charge >= 0.3 is 6.18 Å². The maximum Gasteiger partial charge on any atom is 0.416 e. The van der Waals surface area contributed by atoms with E-state index in [4.69, 9.17) is 52.1 Å². The first-order valence-corrected chi connectivity index (χ1v) is 11.3. The van der Waals surface area contributed by atoms with Crippen molar-refractivity contribution in [3.05, 3.63) is 98.5 Å². The summed E-state index contributed by atoms with van der Waals surface area (Å²) < 4.78 is 38.0. The number of nitrogens with two attached hydrogens (primary N) is 1. The first-order chi connectivity index (χ1) is 15.9. The first kappa shape index (κ1) is 27.9. The molecule has 0 spiro atoms. The van der Waals surface area contributed by atoms with Crippen LogP contribution in [0.1, 0.15) is 30.5 Å². The van der Waals surface area contributed by atoms with Crippen LogP contribution in [0.2, 0.25) is 0 Å². The predicted molar refractivity (Wildman–Crippen MR) is 141 cm³/mol. The van der Waals surface area contributed by atoms with E-state index in [1.54, 1.807) is 13.0 Å². The van der Waals surface area contributed by atoms with Crippen molar-refractivity contribution >= 4 is 74.6 Å². The van der Waals surface area contributed by atoms with Crippen LogP contribution in [0.15, 0.2) is 81.8 Å². The van der Waals surface area contributed by atoms with Gasteiger partial charge in [-0.25, -0.2) is 0 Å². The molecule has 9 heteroatoms. The highest BCUT2D eigenvalue weighted by Crippen LogP contribution is 2.33. The van der Waals surface area contributed by atoms with Gasteiger partial charge in [-0.15, -0.1) is 0 Å². The van der Waals surface area contributed by atoms with Crippen molar-refractivity contribution in [2.75, 3.05) is 11.1 Å². The second-order valence-corrected chi connectivity index (χ2v) is 9.00. The SMILES string of the molecule is CC(=C(Cl)Cl)c1ccccc1N.CC(=C(Cl)Cl)c1ccccc1Nc1ccc(C(F)(F)F)cc1. The molecule has 0 bridgehead atoms. The number of alkyl halides is 3. The number of benzene rings is 3. The largest absolute Gasteiger partial charge is 0.416 e. The molecule has 3 rings (SSSR count). The van der Waals surface area contributed by atoms with Crippen molar-refractivity contribution in [3.63, 3.8) is 0 Å². The first-order valence-electron chi connectivity index (χ1n) is 9.84. The van der Waals surface area contributed by atoms with E-state index in [9.17, 15) is 13.2 Å². The summed E-state index contributed by atoms with van der Waals surface area (Å²) in [5, 5.41) is 3.07. The van der Waals surface area contributed by atoms with Gasteiger partial charge < -0.3 is 11.1 Å². The van der Waals surface area contributed by atoms with E-state index in [2.05, 4.69) is 5.32 Å². The summed E-state index contributed by atoms with van der Waals surface area (Å²) in [7, 11) is 0. The van der Waals surface area contributed by atoms with Gasteiger partial charge in [-0.05, 0) is 61.4 Å². The molecule has 0 saturated carbocycles. The van der Waals surface area contributed by atoms with Crippen molar-refractivity contribution in [2.45, 2.75) is 20.0 Å². The van der Waals surface area contributed by atoms with Gasteiger partial charge in [0.1, 0.15) is 8.98 Å². The summed E-state index contributed by atoms with van der Waals surface area (Å²) in [4.78, 5) is 0. The summed E-state index contributed by atoms with van der Waals surface area (Å²) in [6, 6.07) is 19.5. The van der Waals surface area contributed by atoms with Crippen LogP contribution in [-0.4, -0.2) is 0 Å². The van der Waals surface area contributed by atoms with E-state index in [0.29, 0.717) is 22.6 Å². The molecule has 3 N–H and O–H groups in total. The Bertz CT molecular complexity index is 1180. The molecule has 3 aromatic rings. The Hall–Kier alpha value is -2.31. The van der Waals surface area contributed by atoms with Crippen LogP contribution in [0, 0.1) is 0 Å². The van der Waals surface area contributed by atoms with Crippen molar-refractivity contribution in [3.8, 4) is 0 Å². The van der Waals surface area contributed by atoms with Gasteiger partial charge in [0.15, 0.2) is 0 Å². The van der Waals surface area contributed by atoms with Crippen LogP contribution in [0.4, 0.5) is 30.2 Å². The van der Waals surface area contributed by atoms with Gasteiger partial charge in [0, 0.05) is 28.2 Å². The van der Waals surface area contributed by atoms with E-state index < -0.39 is 11.7 Å². The average Bonchev–Trinajstić information content (AvgIpc) is 2.79. The maximum absolute atomic E-state index is 12.5. The fraction of sp³-hybridized carbons (Fsp3) is 0.120. The monoisotopic (exact) mass is 546 g/mol. The van der Waals surface area contributed by atoms with E-state index >= 15 is 0 Å². The Morgan fingerprint density at radius 3 is 1.68 bits per heavy atom. The summed E-state index contributed by atoms with van der Waals surface area (Å²) in [5.41, 5.74) is 10.1. The molecule has 0 saturated heterocycles. The maximum atomic E-state index is 12.5. The lowest BCUT2D eigenvalue weighted by Gasteiger charge is -2.13. The highest BCUT2D eigenvalue weighted by molar-refractivity contribution is 6.58. The summed E-state index contributed by atoms with van der Waals surface area (Å²) in [6.07, 6.45) is -4.35. The van der Waals surface area contributed by atoms with E-state index in [1.807, 2.05) is 49.4 Å². The minimum absolute atomic E-state index is 0.140. The molecule has 0 atom stereocenters. The standard InChI is InChI=1S/C16H12Cl2F3N.C9H9Cl2N/c1-10(15(17)18)13-4-2-3-5-14(13)22-12-8-6-11(7-9-12)16(19,20)21;1-6(9(10)11)7-4-2-3-5-8(7)12/h2-9,22H,1H3;2-5H,12H2,1H3. The minimum Gasteiger partial charge on any atom is -0.398 e. The Kier molecular flexibility index (Phi) is 10.2. The Morgan fingerprint density at radius 2 is 1.18 bits per heavy atom. The molecule has 180 valence electrons. The number of allylic oxidation sites excluding steroid dienone is 2. The number of hydrogen-bond donors (Lipinski definition) is 2. The lowest BCUT2D eigenvalue weighted by molar-refractivity contribution is -0.137. The molecule has 34 heavy (non-hydrogen) atoms. The Labute approximate surface area is 216 Å². The normalized spacial score (nSPS) is 10.6. The van der Waals surface area contributed by atoms with Crippen LogP contribution >= 0.6 is 46.4 Å². The number of nitrogen functional groups attached to an aromatic ring is 1. The zero-order chi connectivity index (χ0) is 25.5. The molecule has 0 aliphatic rings. The Morgan fingerprint density at radius 1 is 0.706 bits per heavy atom. The predicted octanol–water partition coefficient (Wildman–Crippen LogP) is 10.0. The smallest absolute Gasteiger partial charge is 0.398 e. The molecule has 0 unspecified atom stereocenters. The van der Waals surface area contributed by atoms with Crippen molar-refractivity contribution in [1.82, 2.24) is 0 Å². The Balaban J connectivity index is 0.000000287. The van der Waals surface area contributed by atoms with Gasteiger partial charge in [-0.3, -0.25) is 0 Å². The molecule has 0 aromatic heterocycles. The summed E-state index contributed by atoms with van der Waals surface area (Å²) in [5.74, 6) is 0. The van der Waals surface area contributed by atoms with Gasteiger partial charge in [0.05, 0.1) is 5.56 Å². The van der Waals surface area contributed by atoms with Crippen LogP contribution in [0.3, 0.4) is 0 Å². The fourth-order valence-corrected chi connectivity index (χ4v) is 3.27. The second kappa shape index (κ2) is 12.4. The van der Waals surface area contributed by atoms with Crippen LogP contribution < -0.4 is 11.1 Å². The third-order valence-electron chi connectivity index (χ3n) is 4.75. The number of hydrogen-bond acceptors (Lipinski definition) is 2. The quantitative estimate of drug-likeness (QED) is 0.319. The van der Waals surface area contributed by atoms with Crippen LogP contribution in [0.5, 0.6) is 0 Å². The van der Waals surface area contributed by atoms with E-state index in [0.717, 1.165) is 28.8 Å². The molecule has 0 radical (unpaired) electrons. The summed E-state index contributed by atoms with van der Waals surface area (Å²) in [6.45, 7) is 3.60. The third kappa shape index (κ3) is 7.88. The zero-order valence-corrected chi connectivity index (χ0v) is 21.2. The summed E-state index contributed by atoms with van der Waals surface area (Å²) >= 11 is 22.9. The lowest BCUT2D eigenvalue weighted by Crippen LogP contribution is -2.04. The molecular formula is C25H21Cl4F3N2. The lowest BCUT2D eigenvalue weighted by atomic mass is 10.1. The minimum atomic E-state index is -4.35. The third-order valence-corrected chi connectivity index (χ3v) is 5.89. The average molecular weight is 548 g/mol. The molecule has 0 amide bonds. The van der Waals surface area contributed by atoms with E-state index in [-0.39, 0.29) is 8.98 Å². The van der Waals surface area contributed by atoms with Gasteiger partial charge in [0.25, 0.3) is 0 Å². The highest BCUT2D eigenvalue weighted by Gasteiger charge is 2.29. The van der Waals surface area contributed by atoms with E-state index in [1.165, 1.54) is 12.1 Å². The molecule has 2 nitrogen and oxygen atoms in total. The zero-order valence-electron chi connectivity index (χ0n) is 18.2. The van der Waals surface area contributed by atoms with Gasteiger partial charge in [-0.2, -0.15) is 13.2 Å². The molecule has 0 aliphatic carbocycles. The number of halogens is 7. The second-order valence-electron chi connectivity index (χ2n) is 7.10. The van der Waals surface area contributed by atoms with Gasteiger partial charge in [-0.1, -0.05) is 82.8 Å². The van der Waals surface area contributed by atoms with Crippen LogP contribution in [0.25, 0.3) is 11.1 Å². The van der Waals surface area contributed by atoms with Crippen molar-refractivity contribution in [1.29, 1.82) is 0 Å². The number of rotatable bonds is 4. The van der Waals surface area contributed by atoms with Crippen molar-refractivity contribution < 1.29 is 13.2 Å². The number of anilines is 3. The topological polar surface area (TPSA) is 38.0 Å².